The Morgan fingerprint density at radius 3 is 1.29 bits per heavy atom. The summed E-state index contributed by atoms with van der Waals surface area (Å²) in [7, 11) is 8.38. The van der Waals surface area contributed by atoms with Crippen molar-refractivity contribution in [1.82, 2.24) is 9.80 Å². The monoisotopic (exact) mass is 202 g/mol. The van der Waals surface area contributed by atoms with Crippen molar-refractivity contribution in [2.75, 3.05) is 28.2 Å². The van der Waals surface area contributed by atoms with Gasteiger partial charge in [-0.2, -0.15) is 0 Å². The van der Waals surface area contributed by atoms with Crippen LogP contribution in [0.25, 0.3) is 0 Å². The SMILES string of the molecule is CCC(C)N(C)C.CN(C)C(C)(C)C. The molecule has 1 unspecified atom stereocenters. The van der Waals surface area contributed by atoms with Gasteiger partial charge in [0.2, 0.25) is 0 Å². The van der Waals surface area contributed by atoms with E-state index in [9.17, 15) is 0 Å². The molecule has 0 aromatic carbocycles. The molecule has 0 amide bonds. The maximum absolute atomic E-state index is 2.22. The van der Waals surface area contributed by atoms with Crippen molar-refractivity contribution in [3.63, 3.8) is 0 Å². The zero-order chi connectivity index (χ0) is 11.9. The topological polar surface area (TPSA) is 6.48 Å². The molecule has 0 spiro atoms. The third kappa shape index (κ3) is 10.0. The third-order valence-corrected chi connectivity index (χ3v) is 2.81. The van der Waals surface area contributed by atoms with Crippen LogP contribution < -0.4 is 0 Å². The summed E-state index contributed by atoms with van der Waals surface area (Å²) in [5.41, 5.74) is 0.333. The second kappa shape index (κ2) is 7.24. The maximum atomic E-state index is 2.22. The van der Waals surface area contributed by atoms with Gasteiger partial charge in [-0.25, -0.2) is 0 Å². The summed E-state index contributed by atoms with van der Waals surface area (Å²) in [6.45, 7) is 11.0. The van der Waals surface area contributed by atoms with E-state index in [1.54, 1.807) is 0 Å². The highest BCUT2D eigenvalue weighted by atomic mass is 15.1. The van der Waals surface area contributed by atoms with Gasteiger partial charge in [-0.05, 0) is 62.3 Å². The van der Waals surface area contributed by atoms with Gasteiger partial charge in [0, 0.05) is 11.6 Å². The Balaban J connectivity index is 0. The zero-order valence-corrected chi connectivity index (χ0v) is 11.7. The summed E-state index contributed by atoms with van der Waals surface area (Å²) in [6.07, 6.45) is 1.24. The van der Waals surface area contributed by atoms with Crippen LogP contribution in [0, 0.1) is 0 Å². The fourth-order valence-corrected chi connectivity index (χ4v) is 0.365. The van der Waals surface area contributed by atoms with E-state index < -0.39 is 0 Å². The minimum atomic E-state index is 0.333. The van der Waals surface area contributed by atoms with Crippen molar-refractivity contribution in [2.45, 2.75) is 52.6 Å². The molecule has 2 nitrogen and oxygen atoms in total. The first kappa shape index (κ1) is 16.4. The Labute approximate surface area is 91.3 Å². The van der Waals surface area contributed by atoms with E-state index in [2.05, 4.69) is 72.6 Å². The normalized spacial score (nSPS) is 13.9. The molecule has 0 rings (SSSR count). The summed E-state index contributed by atoms with van der Waals surface area (Å²) in [5.74, 6) is 0. The number of hydrogen-bond acceptors (Lipinski definition) is 2. The van der Waals surface area contributed by atoms with Crippen LogP contribution in [0.2, 0.25) is 0 Å². The highest BCUT2D eigenvalue weighted by Gasteiger charge is 2.10. The molecule has 88 valence electrons. The van der Waals surface area contributed by atoms with E-state index >= 15 is 0 Å². The van der Waals surface area contributed by atoms with Gasteiger partial charge < -0.3 is 9.80 Å². The molecule has 0 aliphatic carbocycles. The average molecular weight is 202 g/mol. The van der Waals surface area contributed by atoms with E-state index in [1.165, 1.54) is 6.42 Å². The Hall–Kier alpha value is -0.0800. The standard InChI is InChI=1S/2C6H15N/c1-6(2,3)7(4)5;1-5-6(2)7(3)4/h1-5H3;6H,5H2,1-4H3. The van der Waals surface area contributed by atoms with Crippen LogP contribution in [0.3, 0.4) is 0 Å². The van der Waals surface area contributed by atoms with Gasteiger partial charge in [-0.3, -0.25) is 0 Å². The smallest absolute Gasteiger partial charge is 0.0118 e. The fourth-order valence-electron chi connectivity index (χ4n) is 0.365. The summed E-state index contributed by atoms with van der Waals surface area (Å²) in [5, 5.41) is 0. The van der Waals surface area contributed by atoms with Crippen molar-refractivity contribution in [3.8, 4) is 0 Å². The molecule has 0 bridgehead atoms. The minimum absolute atomic E-state index is 0.333. The Morgan fingerprint density at radius 2 is 1.29 bits per heavy atom. The summed E-state index contributed by atoms with van der Waals surface area (Å²) in [6, 6.07) is 0.736. The van der Waals surface area contributed by atoms with Gasteiger partial charge in [0.25, 0.3) is 0 Å². The third-order valence-electron chi connectivity index (χ3n) is 2.81. The predicted molar refractivity (Wildman–Crippen MR) is 66.9 cm³/mol. The lowest BCUT2D eigenvalue weighted by atomic mass is 10.1. The minimum Gasteiger partial charge on any atom is -0.307 e. The largest absolute Gasteiger partial charge is 0.307 e. The molecule has 0 radical (unpaired) electrons. The van der Waals surface area contributed by atoms with Crippen LogP contribution in [0.5, 0.6) is 0 Å². The van der Waals surface area contributed by atoms with Gasteiger partial charge >= 0.3 is 0 Å². The molecule has 1 atom stereocenters. The highest BCUT2D eigenvalue weighted by molar-refractivity contribution is 4.68. The zero-order valence-electron chi connectivity index (χ0n) is 11.7. The first-order valence-corrected chi connectivity index (χ1v) is 5.46. The molecule has 0 saturated carbocycles. The first-order chi connectivity index (χ1) is 6.12. The van der Waals surface area contributed by atoms with E-state index in [-0.39, 0.29) is 0 Å². The second-order valence-electron chi connectivity index (χ2n) is 5.29. The van der Waals surface area contributed by atoms with Crippen LogP contribution in [-0.2, 0) is 0 Å². The molecule has 0 N–H and O–H groups in total. The van der Waals surface area contributed by atoms with Gasteiger partial charge in [0.1, 0.15) is 0 Å². The first-order valence-electron chi connectivity index (χ1n) is 5.46. The number of nitrogens with zero attached hydrogens (tertiary/aromatic N) is 2. The van der Waals surface area contributed by atoms with E-state index in [0.29, 0.717) is 5.54 Å². The number of hydrogen-bond donors (Lipinski definition) is 0. The Bertz CT molecular complexity index is 123. The van der Waals surface area contributed by atoms with Gasteiger partial charge in [0.05, 0.1) is 0 Å². The van der Waals surface area contributed by atoms with Gasteiger partial charge in [-0.15, -0.1) is 0 Å². The Kier molecular flexibility index (Phi) is 8.46. The van der Waals surface area contributed by atoms with E-state index in [4.69, 9.17) is 0 Å². The molecular formula is C12H30N2. The Morgan fingerprint density at radius 1 is 1.00 bits per heavy atom. The fraction of sp³-hybridized carbons (Fsp3) is 1.00. The van der Waals surface area contributed by atoms with Gasteiger partial charge in [-0.1, -0.05) is 6.92 Å². The predicted octanol–water partition coefficient (Wildman–Crippen LogP) is 2.69. The molecular weight excluding hydrogens is 172 g/mol. The lowest BCUT2D eigenvalue weighted by Gasteiger charge is -2.27. The van der Waals surface area contributed by atoms with Crippen molar-refractivity contribution < 1.29 is 0 Å². The van der Waals surface area contributed by atoms with Crippen molar-refractivity contribution in [3.05, 3.63) is 0 Å². The highest BCUT2D eigenvalue weighted by Crippen LogP contribution is 2.05. The molecule has 0 saturated heterocycles. The molecule has 0 heterocycles. The number of rotatable bonds is 2. The summed E-state index contributed by atoms with van der Waals surface area (Å²) in [4.78, 5) is 4.41. The lowest BCUT2D eigenvalue weighted by molar-refractivity contribution is 0.219. The van der Waals surface area contributed by atoms with Crippen LogP contribution in [0.1, 0.15) is 41.0 Å². The molecule has 14 heavy (non-hydrogen) atoms. The van der Waals surface area contributed by atoms with E-state index in [1.807, 2.05) is 0 Å². The van der Waals surface area contributed by atoms with Crippen LogP contribution >= 0.6 is 0 Å². The van der Waals surface area contributed by atoms with Crippen LogP contribution in [0.15, 0.2) is 0 Å². The summed E-state index contributed by atoms with van der Waals surface area (Å²) < 4.78 is 0. The summed E-state index contributed by atoms with van der Waals surface area (Å²) >= 11 is 0. The molecule has 0 aliphatic heterocycles. The molecule has 0 aliphatic rings. The van der Waals surface area contributed by atoms with Gasteiger partial charge in [0.15, 0.2) is 0 Å². The lowest BCUT2D eigenvalue weighted by Crippen LogP contribution is -2.34. The molecule has 2 heteroatoms. The second-order valence-corrected chi connectivity index (χ2v) is 5.29. The van der Waals surface area contributed by atoms with Crippen molar-refractivity contribution in [2.24, 2.45) is 0 Å². The molecule has 0 aromatic rings. The van der Waals surface area contributed by atoms with Crippen LogP contribution in [-0.4, -0.2) is 49.6 Å². The van der Waals surface area contributed by atoms with Crippen LogP contribution in [0.4, 0.5) is 0 Å². The molecule has 0 aromatic heterocycles. The quantitative estimate of drug-likeness (QED) is 0.679. The average Bonchev–Trinajstić information content (AvgIpc) is 2.02. The molecule has 0 fully saturated rings. The maximum Gasteiger partial charge on any atom is 0.0118 e. The van der Waals surface area contributed by atoms with Crippen molar-refractivity contribution >= 4 is 0 Å². The van der Waals surface area contributed by atoms with E-state index in [0.717, 1.165) is 6.04 Å². The van der Waals surface area contributed by atoms with Crippen molar-refractivity contribution in [1.29, 1.82) is 0 Å².